The van der Waals surface area contributed by atoms with Crippen LogP contribution in [0.4, 0.5) is 0 Å². The molecule has 0 aliphatic carbocycles. The van der Waals surface area contributed by atoms with Gasteiger partial charge >= 0.3 is 0 Å². The Labute approximate surface area is 85.5 Å². The van der Waals surface area contributed by atoms with Crippen LogP contribution in [0.25, 0.3) is 0 Å². The summed E-state index contributed by atoms with van der Waals surface area (Å²) in [5, 5.41) is 3.27. The van der Waals surface area contributed by atoms with Gasteiger partial charge in [-0.1, -0.05) is 13.0 Å². The van der Waals surface area contributed by atoms with Crippen LogP contribution in [0.2, 0.25) is 0 Å². The Morgan fingerprint density at radius 2 is 2.29 bits per heavy atom. The minimum atomic E-state index is 0.778. The quantitative estimate of drug-likeness (QED) is 0.669. The van der Waals surface area contributed by atoms with Gasteiger partial charge in [-0.25, -0.2) is 0 Å². The van der Waals surface area contributed by atoms with Gasteiger partial charge in [0.1, 0.15) is 0 Å². The van der Waals surface area contributed by atoms with E-state index < -0.39 is 0 Å². The molecule has 0 saturated carbocycles. The van der Waals surface area contributed by atoms with Crippen LogP contribution in [0.15, 0.2) is 24.4 Å². The molecule has 0 radical (unpaired) electrons. The van der Waals surface area contributed by atoms with E-state index in [1.54, 1.807) is 0 Å². The number of rotatable bonds is 7. The van der Waals surface area contributed by atoms with Gasteiger partial charge in [-0.05, 0) is 18.6 Å². The highest BCUT2D eigenvalue weighted by atomic mass is 16.5. The molecule has 0 amide bonds. The molecule has 0 bridgehead atoms. The molecule has 1 rings (SSSR count). The average Bonchev–Trinajstić information content (AvgIpc) is 2.25. The first kappa shape index (κ1) is 11.1. The zero-order valence-electron chi connectivity index (χ0n) is 8.70. The van der Waals surface area contributed by atoms with Gasteiger partial charge in [-0.15, -0.1) is 0 Å². The van der Waals surface area contributed by atoms with Crippen LogP contribution >= 0.6 is 0 Å². The highest BCUT2D eigenvalue weighted by molar-refractivity contribution is 5.02. The lowest BCUT2D eigenvalue weighted by atomic mass is 10.3. The third-order valence-corrected chi connectivity index (χ3v) is 1.80. The minimum absolute atomic E-state index is 0.778. The molecule has 0 aliphatic heterocycles. The Morgan fingerprint density at radius 3 is 3.00 bits per heavy atom. The van der Waals surface area contributed by atoms with Crippen molar-refractivity contribution in [2.75, 3.05) is 19.8 Å². The van der Waals surface area contributed by atoms with Gasteiger partial charge in [0.25, 0.3) is 0 Å². The Morgan fingerprint density at radius 1 is 1.36 bits per heavy atom. The number of aromatic nitrogens is 1. The minimum Gasteiger partial charge on any atom is -0.380 e. The number of hydrogen-bond acceptors (Lipinski definition) is 3. The van der Waals surface area contributed by atoms with E-state index in [1.165, 1.54) is 0 Å². The van der Waals surface area contributed by atoms with Crippen molar-refractivity contribution in [2.45, 2.75) is 19.9 Å². The lowest BCUT2D eigenvalue weighted by Gasteiger charge is -2.04. The molecule has 3 heteroatoms. The van der Waals surface area contributed by atoms with Crippen molar-refractivity contribution in [1.29, 1.82) is 0 Å². The first-order chi connectivity index (χ1) is 6.93. The summed E-state index contributed by atoms with van der Waals surface area (Å²) in [6, 6.07) is 5.94. The van der Waals surface area contributed by atoms with E-state index in [1.807, 2.05) is 24.4 Å². The molecule has 0 unspecified atom stereocenters. The van der Waals surface area contributed by atoms with E-state index in [-0.39, 0.29) is 0 Å². The fourth-order valence-corrected chi connectivity index (χ4v) is 1.11. The van der Waals surface area contributed by atoms with Gasteiger partial charge in [-0.3, -0.25) is 4.98 Å². The highest BCUT2D eigenvalue weighted by Crippen LogP contribution is 1.91. The van der Waals surface area contributed by atoms with Crippen molar-refractivity contribution < 1.29 is 4.74 Å². The zero-order valence-corrected chi connectivity index (χ0v) is 8.70. The van der Waals surface area contributed by atoms with Crippen molar-refractivity contribution in [1.82, 2.24) is 10.3 Å². The average molecular weight is 194 g/mol. The molecule has 1 aromatic rings. The van der Waals surface area contributed by atoms with Gasteiger partial charge in [0.15, 0.2) is 0 Å². The van der Waals surface area contributed by atoms with Crippen molar-refractivity contribution in [3.05, 3.63) is 30.1 Å². The van der Waals surface area contributed by atoms with Crippen LogP contribution in [-0.2, 0) is 11.3 Å². The third kappa shape index (κ3) is 4.94. The summed E-state index contributed by atoms with van der Waals surface area (Å²) in [6.45, 7) is 5.44. The van der Waals surface area contributed by atoms with Crippen LogP contribution < -0.4 is 5.32 Å². The summed E-state index contributed by atoms with van der Waals surface area (Å²) < 4.78 is 5.34. The second kappa shape index (κ2) is 7.47. The smallest absolute Gasteiger partial charge is 0.0591 e. The fraction of sp³-hybridized carbons (Fsp3) is 0.545. The largest absolute Gasteiger partial charge is 0.380 e. The molecule has 3 nitrogen and oxygen atoms in total. The maximum Gasteiger partial charge on any atom is 0.0591 e. The van der Waals surface area contributed by atoms with Gasteiger partial charge in [0.2, 0.25) is 0 Å². The summed E-state index contributed by atoms with van der Waals surface area (Å²) in [6.07, 6.45) is 2.89. The molecular formula is C11H18N2O. The number of hydrogen-bond donors (Lipinski definition) is 1. The molecule has 0 saturated heterocycles. The van der Waals surface area contributed by atoms with Crippen LogP contribution in [0.1, 0.15) is 19.0 Å². The van der Waals surface area contributed by atoms with Crippen LogP contribution in [0, 0.1) is 0 Å². The number of nitrogens with zero attached hydrogens (tertiary/aromatic N) is 1. The first-order valence-corrected chi connectivity index (χ1v) is 5.12. The molecule has 0 spiro atoms. The molecule has 78 valence electrons. The van der Waals surface area contributed by atoms with Crippen molar-refractivity contribution in [3.8, 4) is 0 Å². The third-order valence-electron chi connectivity index (χ3n) is 1.80. The topological polar surface area (TPSA) is 34.1 Å². The van der Waals surface area contributed by atoms with Crippen LogP contribution in [0.3, 0.4) is 0 Å². The van der Waals surface area contributed by atoms with E-state index in [9.17, 15) is 0 Å². The summed E-state index contributed by atoms with van der Waals surface area (Å²) in [5.74, 6) is 0. The monoisotopic (exact) mass is 194 g/mol. The SMILES string of the molecule is CCCOCCNCc1ccccn1. The van der Waals surface area contributed by atoms with Gasteiger partial charge < -0.3 is 10.1 Å². The molecule has 0 aliphatic rings. The van der Waals surface area contributed by atoms with Gasteiger partial charge in [0, 0.05) is 25.9 Å². The Bertz CT molecular complexity index is 226. The van der Waals surface area contributed by atoms with Crippen LogP contribution in [-0.4, -0.2) is 24.7 Å². The summed E-state index contributed by atoms with van der Waals surface area (Å²) >= 11 is 0. The van der Waals surface area contributed by atoms with Gasteiger partial charge in [-0.2, -0.15) is 0 Å². The van der Waals surface area contributed by atoms with Gasteiger partial charge in [0.05, 0.1) is 12.3 Å². The first-order valence-electron chi connectivity index (χ1n) is 5.12. The lowest BCUT2D eigenvalue weighted by molar-refractivity contribution is 0.136. The number of pyridine rings is 1. The summed E-state index contributed by atoms with van der Waals surface area (Å²) in [7, 11) is 0. The summed E-state index contributed by atoms with van der Waals surface area (Å²) in [4.78, 5) is 4.21. The second-order valence-electron chi connectivity index (χ2n) is 3.11. The highest BCUT2D eigenvalue weighted by Gasteiger charge is 1.91. The van der Waals surface area contributed by atoms with E-state index in [4.69, 9.17) is 4.74 Å². The fourth-order valence-electron chi connectivity index (χ4n) is 1.11. The van der Waals surface area contributed by atoms with Crippen molar-refractivity contribution >= 4 is 0 Å². The van der Waals surface area contributed by atoms with Crippen LogP contribution in [0.5, 0.6) is 0 Å². The van der Waals surface area contributed by atoms with E-state index in [0.717, 1.165) is 38.4 Å². The lowest BCUT2D eigenvalue weighted by Crippen LogP contribution is -2.19. The molecule has 1 heterocycles. The maximum absolute atomic E-state index is 5.34. The van der Waals surface area contributed by atoms with Crippen molar-refractivity contribution in [3.63, 3.8) is 0 Å². The molecule has 14 heavy (non-hydrogen) atoms. The zero-order chi connectivity index (χ0) is 10.1. The molecule has 0 atom stereocenters. The van der Waals surface area contributed by atoms with E-state index in [2.05, 4.69) is 17.2 Å². The molecule has 0 aromatic carbocycles. The standard InChI is InChI=1S/C11H18N2O/c1-2-8-14-9-7-12-10-11-5-3-4-6-13-11/h3-6,12H,2,7-10H2,1H3. The van der Waals surface area contributed by atoms with E-state index in [0.29, 0.717) is 0 Å². The molecular weight excluding hydrogens is 176 g/mol. The predicted molar refractivity (Wildman–Crippen MR) is 57.1 cm³/mol. The molecule has 1 N–H and O–H groups in total. The Kier molecular flexibility index (Phi) is 5.95. The maximum atomic E-state index is 5.34. The predicted octanol–water partition coefficient (Wildman–Crippen LogP) is 1.60. The Hall–Kier alpha value is -0.930. The van der Waals surface area contributed by atoms with Crippen molar-refractivity contribution in [2.24, 2.45) is 0 Å². The Balaban J connectivity index is 1.99. The summed E-state index contributed by atoms with van der Waals surface area (Å²) in [5.41, 5.74) is 1.07. The number of nitrogens with one attached hydrogen (secondary N) is 1. The molecule has 1 aromatic heterocycles. The number of ether oxygens (including phenoxy) is 1. The molecule has 0 fully saturated rings. The van der Waals surface area contributed by atoms with E-state index >= 15 is 0 Å². The second-order valence-corrected chi connectivity index (χ2v) is 3.11. The normalized spacial score (nSPS) is 10.4.